The largest absolute Gasteiger partial charge is 0.451 e. The van der Waals surface area contributed by atoms with Crippen LogP contribution in [0.2, 0.25) is 0 Å². The van der Waals surface area contributed by atoms with Crippen LogP contribution in [0.5, 0.6) is 0 Å². The minimum atomic E-state index is -0.224. The smallest absolute Gasteiger partial charge is 0.290 e. The van der Waals surface area contributed by atoms with E-state index in [1.54, 1.807) is 0 Å². The Labute approximate surface area is 158 Å². The Hall–Kier alpha value is -2.82. The summed E-state index contributed by atoms with van der Waals surface area (Å²) in [4.78, 5) is 27.7. The maximum Gasteiger partial charge on any atom is 0.290 e. The molecule has 0 bridgehead atoms. The fourth-order valence-electron chi connectivity index (χ4n) is 4.00. The van der Waals surface area contributed by atoms with Crippen molar-refractivity contribution in [3.05, 3.63) is 69.3 Å². The molecule has 0 aliphatic carbocycles. The summed E-state index contributed by atoms with van der Waals surface area (Å²) >= 11 is 0. The molecule has 1 aromatic carbocycles. The molecule has 2 aromatic heterocycles. The van der Waals surface area contributed by atoms with Crippen LogP contribution in [-0.4, -0.2) is 21.9 Å². The van der Waals surface area contributed by atoms with E-state index in [1.165, 1.54) is 6.07 Å². The third kappa shape index (κ3) is 2.87. The maximum absolute atomic E-state index is 13.3. The van der Waals surface area contributed by atoms with Gasteiger partial charge in [0.2, 0.25) is 0 Å². The molecule has 1 amide bonds. The Morgan fingerprint density at radius 2 is 1.89 bits per heavy atom. The van der Waals surface area contributed by atoms with Gasteiger partial charge in [-0.05, 0) is 55.2 Å². The summed E-state index contributed by atoms with van der Waals surface area (Å²) in [5.74, 6) is 0.139. The first-order chi connectivity index (χ1) is 12.9. The van der Waals surface area contributed by atoms with Gasteiger partial charge in [-0.1, -0.05) is 13.8 Å². The second kappa shape index (κ2) is 6.41. The van der Waals surface area contributed by atoms with Crippen molar-refractivity contribution in [2.75, 3.05) is 6.54 Å². The number of carbonyl (C=O) groups is 1. The number of carbonyl (C=O) groups excluding carboxylic acids is 1. The maximum atomic E-state index is 13.3. The van der Waals surface area contributed by atoms with Crippen LogP contribution in [-0.2, 0) is 6.54 Å². The molecule has 4 rings (SSSR count). The van der Waals surface area contributed by atoms with Crippen molar-refractivity contribution in [1.29, 1.82) is 0 Å². The Morgan fingerprint density at radius 1 is 1.15 bits per heavy atom. The number of benzene rings is 1. The van der Waals surface area contributed by atoms with E-state index < -0.39 is 0 Å². The van der Waals surface area contributed by atoms with Crippen molar-refractivity contribution in [2.24, 2.45) is 5.92 Å². The van der Waals surface area contributed by atoms with Crippen LogP contribution in [0.1, 0.15) is 47.3 Å². The molecule has 27 heavy (non-hydrogen) atoms. The molecule has 0 N–H and O–H groups in total. The van der Waals surface area contributed by atoms with Crippen LogP contribution in [0.3, 0.4) is 0 Å². The molecule has 0 saturated heterocycles. The second-order valence-electron chi connectivity index (χ2n) is 7.72. The van der Waals surface area contributed by atoms with Gasteiger partial charge in [0, 0.05) is 31.0 Å². The van der Waals surface area contributed by atoms with E-state index >= 15 is 0 Å². The van der Waals surface area contributed by atoms with Gasteiger partial charge in [0.25, 0.3) is 5.91 Å². The van der Waals surface area contributed by atoms with Gasteiger partial charge in [-0.2, -0.15) is 0 Å². The quantitative estimate of drug-likeness (QED) is 0.689. The van der Waals surface area contributed by atoms with E-state index in [0.29, 0.717) is 17.5 Å². The summed E-state index contributed by atoms with van der Waals surface area (Å²) in [7, 11) is 0. The molecule has 0 fully saturated rings. The highest BCUT2D eigenvalue weighted by atomic mass is 16.3. The highest BCUT2D eigenvalue weighted by Crippen LogP contribution is 2.33. The van der Waals surface area contributed by atoms with E-state index in [2.05, 4.69) is 24.5 Å². The van der Waals surface area contributed by atoms with Crippen LogP contribution in [0.15, 0.2) is 45.7 Å². The molecule has 0 radical (unpaired) electrons. The van der Waals surface area contributed by atoms with E-state index in [4.69, 9.17) is 4.42 Å². The number of fused-ring (bicyclic) bond motifs is 2. The molecule has 1 atom stereocenters. The monoisotopic (exact) mass is 364 g/mol. The Bertz CT molecular complexity index is 1090. The van der Waals surface area contributed by atoms with Crippen LogP contribution in [0.25, 0.3) is 11.0 Å². The SMILES string of the molecule is Cc1cc2oc(C(=O)N3CCn4cccc4C3C(C)C)cc(=O)c2cc1C. The molecule has 140 valence electrons. The van der Waals surface area contributed by atoms with Crippen molar-refractivity contribution >= 4 is 16.9 Å². The molecule has 5 nitrogen and oxygen atoms in total. The predicted molar refractivity (Wildman–Crippen MR) is 105 cm³/mol. The van der Waals surface area contributed by atoms with Crippen molar-refractivity contribution in [2.45, 2.75) is 40.3 Å². The van der Waals surface area contributed by atoms with E-state index in [-0.39, 0.29) is 29.1 Å². The zero-order valence-corrected chi connectivity index (χ0v) is 16.2. The average molecular weight is 364 g/mol. The normalized spacial score (nSPS) is 16.8. The van der Waals surface area contributed by atoms with Crippen LogP contribution in [0.4, 0.5) is 0 Å². The standard InChI is InChI=1S/C22H24N2O3/c1-13(2)21-17-6-5-7-23(17)8-9-24(21)22(26)20-12-18(25)16-10-14(3)15(4)11-19(16)27-20/h5-7,10-13,21H,8-9H2,1-4H3. The molecule has 5 heteroatoms. The lowest BCUT2D eigenvalue weighted by molar-refractivity contribution is 0.0525. The number of nitrogens with zero attached hydrogens (tertiary/aromatic N) is 2. The first-order valence-electron chi connectivity index (χ1n) is 9.38. The zero-order valence-electron chi connectivity index (χ0n) is 16.2. The molecule has 1 unspecified atom stereocenters. The van der Waals surface area contributed by atoms with E-state index in [9.17, 15) is 9.59 Å². The molecule has 0 spiro atoms. The highest BCUT2D eigenvalue weighted by Gasteiger charge is 2.34. The third-order valence-corrected chi connectivity index (χ3v) is 5.53. The first kappa shape index (κ1) is 17.6. The van der Waals surface area contributed by atoms with Gasteiger partial charge in [-0.15, -0.1) is 0 Å². The second-order valence-corrected chi connectivity index (χ2v) is 7.72. The van der Waals surface area contributed by atoms with E-state index in [1.807, 2.05) is 43.1 Å². The van der Waals surface area contributed by atoms with Crippen molar-refractivity contribution in [3.63, 3.8) is 0 Å². The number of amides is 1. The fraction of sp³-hybridized carbons (Fsp3) is 0.364. The average Bonchev–Trinajstić information content (AvgIpc) is 3.10. The summed E-state index contributed by atoms with van der Waals surface area (Å²) in [6, 6.07) is 9.04. The molecule has 3 heterocycles. The first-order valence-corrected chi connectivity index (χ1v) is 9.38. The third-order valence-electron chi connectivity index (χ3n) is 5.53. The van der Waals surface area contributed by atoms with Crippen LogP contribution >= 0.6 is 0 Å². The number of rotatable bonds is 2. The number of hydrogen-bond donors (Lipinski definition) is 0. The number of aryl methyl sites for hydroxylation is 2. The zero-order chi connectivity index (χ0) is 19.3. The summed E-state index contributed by atoms with van der Waals surface area (Å²) in [6.07, 6.45) is 2.05. The molecule has 0 saturated carbocycles. The summed E-state index contributed by atoms with van der Waals surface area (Å²) < 4.78 is 8.08. The number of hydrogen-bond acceptors (Lipinski definition) is 3. The molecular weight excluding hydrogens is 340 g/mol. The summed E-state index contributed by atoms with van der Waals surface area (Å²) in [6.45, 7) is 9.48. The number of aromatic nitrogens is 1. The summed E-state index contributed by atoms with van der Waals surface area (Å²) in [5, 5.41) is 0.516. The topological polar surface area (TPSA) is 55.5 Å². The van der Waals surface area contributed by atoms with E-state index in [0.717, 1.165) is 23.4 Å². The van der Waals surface area contributed by atoms with Gasteiger partial charge in [0.1, 0.15) is 5.58 Å². The Kier molecular flexibility index (Phi) is 4.17. The molecular formula is C22H24N2O3. The molecule has 1 aliphatic rings. The Morgan fingerprint density at radius 3 is 2.63 bits per heavy atom. The minimum absolute atomic E-state index is 0.0398. The molecule has 1 aliphatic heterocycles. The lowest BCUT2D eigenvalue weighted by atomic mass is 9.96. The lowest BCUT2D eigenvalue weighted by Gasteiger charge is -2.39. The minimum Gasteiger partial charge on any atom is -0.451 e. The van der Waals surface area contributed by atoms with Gasteiger partial charge < -0.3 is 13.9 Å². The lowest BCUT2D eigenvalue weighted by Crippen LogP contribution is -2.44. The summed E-state index contributed by atoms with van der Waals surface area (Å²) in [5.41, 5.74) is 3.48. The molecule has 3 aromatic rings. The van der Waals surface area contributed by atoms with Crippen LogP contribution in [0, 0.1) is 19.8 Å². The van der Waals surface area contributed by atoms with Crippen LogP contribution < -0.4 is 5.43 Å². The van der Waals surface area contributed by atoms with Crippen molar-refractivity contribution in [1.82, 2.24) is 9.47 Å². The Balaban J connectivity index is 1.78. The van der Waals surface area contributed by atoms with Gasteiger partial charge in [0.05, 0.1) is 11.4 Å². The van der Waals surface area contributed by atoms with Gasteiger partial charge >= 0.3 is 0 Å². The highest BCUT2D eigenvalue weighted by molar-refractivity contribution is 5.93. The van der Waals surface area contributed by atoms with Crippen molar-refractivity contribution < 1.29 is 9.21 Å². The van der Waals surface area contributed by atoms with Crippen molar-refractivity contribution in [3.8, 4) is 0 Å². The van der Waals surface area contributed by atoms with Gasteiger partial charge in [0.15, 0.2) is 11.2 Å². The van der Waals surface area contributed by atoms with Gasteiger partial charge in [-0.25, -0.2) is 0 Å². The fourth-order valence-corrected chi connectivity index (χ4v) is 4.00. The predicted octanol–water partition coefficient (Wildman–Crippen LogP) is 4.06. The van der Waals surface area contributed by atoms with Gasteiger partial charge in [-0.3, -0.25) is 9.59 Å².